The van der Waals surface area contributed by atoms with E-state index in [4.69, 9.17) is 10.5 Å². The highest BCUT2D eigenvalue weighted by Gasteiger charge is 2.25. The third-order valence-corrected chi connectivity index (χ3v) is 3.32. The summed E-state index contributed by atoms with van der Waals surface area (Å²) in [5.41, 5.74) is 5.51. The number of nitrogens with zero attached hydrogens (tertiary/aromatic N) is 1. The zero-order valence-electron chi connectivity index (χ0n) is 10.7. The molecule has 0 bridgehead atoms. The maximum absolute atomic E-state index is 13.4. The molecule has 0 spiro atoms. The molecule has 2 rings (SSSR count). The topological polar surface area (TPSA) is 75.8 Å². The fraction of sp³-hybridized carbons (Fsp3) is 0.462. The van der Waals surface area contributed by atoms with E-state index in [1.807, 2.05) is 11.8 Å². The van der Waals surface area contributed by atoms with Gasteiger partial charge in [-0.1, -0.05) is 6.92 Å². The van der Waals surface area contributed by atoms with E-state index in [1.54, 1.807) is 0 Å². The molecule has 1 saturated heterocycles. The number of benzene rings is 1. The molecule has 1 heterocycles. The molecule has 1 atom stereocenters. The molecule has 0 saturated carbocycles. The van der Waals surface area contributed by atoms with E-state index in [0.717, 1.165) is 6.42 Å². The van der Waals surface area contributed by atoms with E-state index >= 15 is 0 Å². The van der Waals surface area contributed by atoms with Gasteiger partial charge in [0.25, 0.3) is 0 Å². The highest BCUT2D eigenvalue weighted by molar-refractivity contribution is 6.00. The van der Waals surface area contributed by atoms with Crippen LogP contribution in [0.4, 0.5) is 15.8 Å². The number of carboxylic acids is 1. The minimum Gasteiger partial charge on any atom is -0.478 e. The van der Waals surface area contributed by atoms with Gasteiger partial charge in [0.15, 0.2) is 0 Å². The van der Waals surface area contributed by atoms with Crippen molar-refractivity contribution in [3.63, 3.8) is 0 Å². The number of nitrogen functional groups attached to an aromatic ring is 1. The van der Waals surface area contributed by atoms with E-state index < -0.39 is 11.8 Å². The molecule has 1 aromatic rings. The monoisotopic (exact) mass is 268 g/mol. The summed E-state index contributed by atoms with van der Waals surface area (Å²) >= 11 is 0. The maximum Gasteiger partial charge on any atom is 0.340 e. The first-order chi connectivity index (χ1) is 9.04. The Balaban J connectivity index is 2.39. The number of morpholine rings is 1. The Labute approximate surface area is 110 Å². The fourth-order valence-electron chi connectivity index (χ4n) is 2.26. The maximum atomic E-state index is 13.4. The molecule has 19 heavy (non-hydrogen) atoms. The fourth-order valence-corrected chi connectivity index (χ4v) is 2.26. The lowest BCUT2D eigenvalue weighted by molar-refractivity contribution is 0.0382. The largest absolute Gasteiger partial charge is 0.478 e. The standard InChI is InChI=1S/C13H17FN2O3/c1-2-8-7-16(5-6-19-8)10-4-3-9(14)12(15)11(10)13(17)18/h3-4,8H,2,5-7,15H2,1H3,(H,17,18). The van der Waals surface area contributed by atoms with E-state index in [9.17, 15) is 14.3 Å². The minimum atomic E-state index is -1.22. The quantitative estimate of drug-likeness (QED) is 0.816. The molecule has 1 aromatic carbocycles. The van der Waals surface area contributed by atoms with Gasteiger partial charge in [0.1, 0.15) is 11.4 Å². The normalized spacial score (nSPS) is 19.5. The summed E-state index contributed by atoms with van der Waals surface area (Å²) in [6.07, 6.45) is 0.900. The Morgan fingerprint density at radius 3 is 3.00 bits per heavy atom. The number of carboxylic acid groups (broad SMARTS) is 1. The van der Waals surface area contributed by atoms with Gasteiger partial charge in [-0.15, -0.1) is 0 Å². The summed E-state index contributed by atoms with van der Waals surface area (Å²) in [4.78, 5) is 13.2. The molecule has 5 nitrogen and oxygen atoms in total. The molecular formula is C13H17FN2O3. The summed E-state index contributed by atoms with van der Waals surface area (Å²) < 4.78 is 18.9. The lowest BCUT2D eigenvalue weighted by Gasteiger charge is -2.35. The number of nitrogens with two attached hydrogens (primary N) is 1. The number of ether oxygens (including phenoxy) is 1. The van der Waals surface area contributed by atoms with Gasteiger partial charge in [-0.3, -0.25) is 0 Å². The van der Waals surface area contributed by atoms with Crippen LogP contribution >= 0.6 is 0 Å². The van der Waals surface area contributed by atoms with Crippen LogP contribution in [0.3, 0.4) is 0 Å². The lowest BCUT2D eigenvalue weighted by Crippen LogP contribution is -2.43. The molecule has 1 aliphatic rings. The van der Waals surface area contributed by atoms with Crippen molar-refractivity contribution < 1.29 is 19.0 Å². The first kappa shape index (κ1) is 13.6. The van der Waals surface area contributed by atoms with Crippen molar-refractivity contribution in [1.29, 1.82) is 0 Å². The predicted octanol–water partition coefficient (Wildman–Crippen LogP) is 1.72. The SMILES string of the molecule is CCC1CN(c2ccc(F)c(N)c2C(=O)O)CCO1. The van der Waals surface area contributed by atoms with Gasteiger partial charge < -0.3 is 20.5 Å². The molecule has 1 unspecified atom stereocenters. The number of aromatic carboxylic acids is 1. The molecule has 6 heteroatoms. The summed E-state index contributed by atoms with van der Waals surface area (Å²) in [6.45, 7) is 3.68. The average Bonchev–Trinajstić information content (AvgIpc) is 2.41. The van der Waals surface area contributed by atoms with Crippen molar-refractivity contribution in [1.82, 2.24) is 0 Å². The third kappa shape index (κ3) is 2.63. The molecule has 0 aliphatic carbocycles. The van der Waals surface area contributed by atoms with Gasteiger partial charge in [-0.2, -0.15) is 0 Å². The molecule has 3 N–H and O–H groups in total. The molecular weight excluding hydrogens is 251 g/mol. The van der Waals surface area contributed by atoms with Crippen molar-refractivity contribution in [2.45, 2.75) is 19.4 Å². The molecule has 0 aromatic heterocycles. The van der Waals surface area contributed by atoms with E-state index in [1.165, 1.54) is 12.1 Å². The summed E-state index contributed by atoms with van der Waals surface area (Å²) in [5, 5.41) is 9.22. The van der Waals surface area contributed by atoms with Gasteiger partial charge in [0.05, 0.1) is 24.1 Å². The minimum absolute atomic E-state index is 0.0571. The van der Waals surface area contributed by atoms with Crippen LogP contribution in [0.5, 0.6) is 0 Å². The number of hydrogen-bond donors (Lipinski definition) is 2. The summed E-state index contributed by atoms with van der Waals surface area (Å²) in [7, 11) is 0. The van der Waals surface area contributed by atoms with Crippen molar-refractivity contribution >= 4 is 17.3 Å². The number of rotatable bonds is 3. The molecule has 104 valence electrons. The molecule has 0 radical (unpaired) electrons. The van der Waals surface area contributed by atoms with Crippen LogP contribution in [0.25, 0.3) is 0 Å². The zero-order valence-corrected chi connectivity index (χ0v) is 10.7. The van der Waals surface area contributed by atoms with Crippen LogP contribution in [-0.4, -0.2) is 36.9 Å². The number of halogens is 1. The van der Waals surface area contributed by atoms with E-state index in [-0.39, 0.29) is 17.4 Å². The molecule has 1 fully saturated rings. The second-order valence-corrected chi connectivity index (χ2v) is 4.51. The zero-order chi connectivity index (χ0) is 14.0. The Hall–Kier alpha value is -1.82. The smallest absolute Gasteiger partial charge is 0.340 e. The van der Waals surface area contributed by atoms with Gasteiger partial charge in [-0.05, 0) is 18.6 Å². The Morgan fingerprint density at radius 2 is 2.37 bits per heavy atom. The summed E-state index contributed by atoms with van der Waals surface area (Å²) in [5.74, 6) is -1.92. The first-order valence-corrected chi connectivity index (χ1v) is 6.22. The van der Waals surface area contributed by atoms with Crippen LogP contribution in [0.1, 0.15) is 23.7 Å². The van der Waals surface area contributed by atoms with Crippen LogP contribution in [-0.2, 0) is 4.74 Å². The molecule has 0 amide bonds. The van der Waals surface area contributed by atoms with Crippen LogP contribution in [0.15, 0.2) is 12.1 Å². The van der Waals surface area contributed by atoms with Gasteiger partial charge in [0.2, 0.25) is 0 Å². The van der Waals surface area contributed by atoms with Crippen molar-refractivity contribution in [2.24, 2.45) is 0 Å². The van der Waals surface area contributed by atoms with Crippen LogP contribution < -0.4 is 10.6 Å². The highest BCUT2D eigenvalue weighted by Crippen LogP contribution is 2.29. The summed E-state index contributed by atoms with van der Waals surface area (Å²) in [6, 6.07) is 2.67. The Morgan fingerprint density at radius 1 is 1.63 bits per heavy atom. The van der Waals surface area contributed by atoms with Crippen molar-refractivity contribution in [3.8, 4) is 0 Å². The van der Waals surface area contributed by atoms with E-state index in [0.29, 0.717) is 25.4 Å². The van der Waals surface area contributed by atoms with Crippen LogP contribution in [0, 0.1) is 5.82 Å². The molecule has 1 aliphatic heterocycles. The van der Waals surface area contributed by atoms with Crippen molar-refractivity contribution in [2.75, 3.05) is 30.3 Å². The number of hydrogen-bond acceptors (Lipinski definition) is 4. The van der Waals surface area contributed by atoms with Crippen molar-refractivity contribution in [3.05, 3.63) is 23.5 Å². The second-order valence-electron chi connectivity index (χ2n) is 4.51. The predicted molar refractivity (Wildman–Crippen MR) is 70.0 cm³/mol. The van der Waals surface area contributed by atoms with Crippen LogP contribution in [0.2, 0.25) is 0 Å². The highest BCUT2D eigenvalue weighted by atomic mass is 19.1. The second kappa shape index (κ2) is 5.44. The van der Waals surface area contributed by atoms with Gasteiger partial charge in [-0.25, -0.2) is 9.18 Å². The first-order valence-electron chi connectivity index (χ1n) is 6.22. The number of carbonyl (C=O) groups is 1. The van der Waals surface area contributed by atoms with Gasteiger partial charge in [0, 0.05) is 13.1 Å². The number of anilines is 2. The third-order valence-electron chi connectivity index (χ3n) is 3.32. The van der Waals surface area contributed by atoms with Gasteiger partial charge >= 0.3 is 5.97 Å². The Kier molecular flexibility index (Phi) is 3.90. The average molecular weight is 268 g/mol. The van der Waals surface area contributed by atoms with E-state index in [2.05, 4.69) is 0 Å². The lowest BCUT2D eigenvalue weighted by atomic mass is 10.1. The Bertz CT molecular complexity index is 493.